The van der Waals surface area contributed by atoms with E-state index in [1.807, 2.05) is 0 Å². The van der Waals surface area contributed by atoms with Crippen LogP contribution in [0.4, 0.5) is 0 Å². The molecule has 0 aromatic rings. The minimum Gasteiger partial charge on any atom is -0.356 e. The van der Waals surface area contributed by atoms with Gasteiger partial charge in [-0.2, -0.15) is 0 Å². The zero-order valence-corrected chi connectivity index (χ0v) is 21.9. The standard InChI is InChI=1S/C29H58N2/c1-4-7-10-12-14-15-16-17-18-20-23-26-31-28-27-30(25-22-9-6-3)29(31)24-21-19-13-11-8-5-2/h27-29H,4-26H2,1-3H3. The van der Waals surface area contributed by atoms with Crippen LogP contribution in [0, 0.1) is 0 Å². The van der Waals surface area contributed by atoms with Gasteiger partial charge in [-0.1, -0.05) is 130 Å². The van der Waals surface area contributed by atoms with Crippen molar-refractivity contribution in [3.63, 3.8) is 0 Å². The van der Waals surface area contributed by atoms with Crippen LogP contribution in [-0.4, -0.2) is 29.1 Å². The third-order valence-electron chi connectivity index (χ3n) is 7.07. The molecule has 0 aromatic carbocycles. The highest BCUT2D eigenvalue weighted by molar-refractivity contribution is 4.96. The lowest BCUT2D eigenvalue weighted by molar-refractivity contribution is 0.135. The molecule has 0 bridgehead atoms. The second kappa shape index (κ2) is 21.2. The highest BCUT2D eigenvalue weighted by Gasteiger charge is 2.24. The lowest BCUT2D eigenvalue weighted by Gasteiger charge is -2.33. The molecule has 2 heteroatoms. The number of hydrogen-bond acceptors (Lipinski definition) is 2. The van der Waals surface area contributed by atoms with Gasteiger partial charge in [0, 0.05) is 25.5 Å². The van der Waals surface area contributed by atoms with Gasteiger partial charge in [-0.05, 0) is 25.7 Å². The Kier molecular flexibility index (Phi) is 19.4. The molecule has 1 atom stereocenters. The predicted octanol–water partition coefficient (Wildman–Crippen LogP) is 9.65. The van der Waals surface area contributed by atoms with E-state index in [0.29, 0.717) is 6.17 Å². The van der Waals surface area contributed by atoms with Crippen molar-refractivity contribution in [2.45, 2.75) is 162 Å². The molecule has 0 saturated heterocycles. The molecule has 31 heavy (non-hydrogen) atoms. The fourth-order valence-electron chi connectivity index (χ4n) is 4.95. The highest BCUT2D eigenvalue weighted by Crippen LogP contribution is 2.23. The van der Waals surface area contributed by atoms with Crippen LogP contribution in [0.25, 0.3) is 0 Å². The van der Waals surface area contributed by atoms with Crippen molar-refractivity contribution in [2.24, 2.45) is 0 Å². The highest BCUT2D eigenvalue weighted by atomic mass is 15.4. The first kappa shape index (κ1) is 28.4. The molecular weight excluding hydrogens is 376 g/mol. The van der Waals surface area contributed by atoms with Crippen LogP contribution < -0.4 is 0 Å². The third-order valence-corrected chi connectivity index (χ3v) is 7.07. The first-order valence-electron chi connectivity index (χ1n) is 14.5. The zero-order valence-electron chi connectivity index (χ0n) is 21.9. The maximum atomic E-state index is 2.67. The SMILES string of the molecule is CCCCCCCCCCCCCN1C=CN(CCCCC)C1CCCCCCCC. The largest absolute Gasteiger partial charge is 0.356 e. The minimum absolute atomic E-state index is 0.645. The lowest BCUT2D eigenvalue weighted by Crippen LogP contribution is -2.39. The summed E-state index contributed by atoms with van der Waals surface area (Å²) in [6, 6.07) is 0. The predicted molar refractivity (Wildman–Crippen MR) is 140 cm³/mol. The van der Waals surface area contributed by atoms with E-state index < -0.39 is 0 Å². The Morgan fingerprint density at radius 1 is 0.419 bits per heavy atom. The molecule has 0 radical (unpaired) electrons. The Hall–Kier alpha value is -0.660. The van der Waals surface area contributed by atoms with E-state index in [1.54, 1.807) is 0 Å². The van der Waals surface area contributed by atoms with Gasteiger partial charge < -0.3 is 9.80 Å². The maximum absolute atomic E-state index is 2.67. The van der Waals surface area contributed by atoms with Crippen molar-refractivity contribution in [2.75, 3.05) is 13.1 Å². The van der Waals surface area contributed by atoms with Gasteiger partial charge in [0.15, 0.2) is 0 Å². The Labute approximate surface area is 197 Å². The Morgan fingerprint density at radius 3 is 1.19 bits per heavy atom. The van der Waals surface area contributed by atoms with E-state index in [2.05, 4.69) is 43.0 Å². The molecular formula is C29H58N2. The number of rotatable bonds is 23. The summed E-state index contributed by atoms with van der Waals surface area (Å²) in [4.78, 5) is 5.33. The Bertz CT molecular complexity index is 392. The smallest absolute Gasteiger partial charge is 0.101 e. The van der Waals surface area contributed by atoms with Crippen LogP contribution >= 0.6 is 0 Å². The molecule has 0 saturated carbocycles. The Balaban J connectivity index is 2.17. The molecule has 1 rings (SSSR count). The van der Waals surface area contributed by atoms with Crippen molar-refractivity contribution in [3.05, 3.63) is 12.4 Å². The van der Waals surface area contributed by atoms with Gasteiger partial charge in [-0.3, -0.25) is 0 Å². The number of hydrogen-bond donors (Lipinski definition) is 0. The molecule has 0 aromatic heterocycles. The maximum Gasteiger partial charge on any atom is 0.101 e. The van der Waals surface area contributed by atoms with Gasteiger partial charge in [0.25, 0.3) is 0 Å². The summed E-state index contributed by atoms with van der Waals surface area (Å²) < 4.78 is 0. The number of unbranched alkanes of at least 4 members (excludes halogenated alkanes) is 17. The molecule has 184 valence electrons. The third kappa shape index (κ3) is 14.9. The average Bonchev–Trinajstić information content (AvgIpc) is 3.16. The van der Waals surface area contributed by atoms with E-state index in [9.17, 15) is 0 Å². The molecule has 1 unspecified atom stereocenters. The van der Waals surface area contributed by atoms with E-state index in [-0.39, 0.29) is 0 Å². The van der Waals surface area contributed by atoms with E-state index in [1.165, 1.54) is 148 Å². The van der Waals surface area contributed by atoms with Crippen LogP contribution in [0.1, 0.15) is 156 Å². The van der Waals surface area contributed by atoms with Gasteiger partial charge in [0.05, 0.1) is 0 Å². The van der Waals surface area contributed by atoms with Gasteiger partial charge in [-0.25, -0.2) is 0 Å². The Morgan fingerprint density at radius 2 is 0.742 bits per heavy atom. The normalized spacial score (nSPS) is 16.0. The molecule has 2 nitrogen and oxygen atoms in total. The van der Waals surface area contributed by atoms with Gasteiger partial charge in [-0.15, -0.1) is 0 Å². The summed E-state index contributed by atoms with van der Waals surface area (Å²) in [5.41, 5.74) is 0. The molecule has 0 spiro atoms. The minimum atomic E-state index is 0.645. The molecule has 0 aliphatic carbocycles. The molecule has 1 aliphatic heterocycles. The van der Waals surface area contributed by atoms with Crippen molar-refractivity contribution < 1.29 is 0 Å². The second-order valence-electron chi connectivity index (χ2n) is 10.1. The molecule has 1 aliphatic rings. The molecule has 1 heterocycles. The molecule has 0 amide bonds. The van der Waals surface area contributed by atoms with Crippen molar-refractivity contribution in [1.29, 1.82) is 0 Å². The van der Waals surface area contributed by atoms with Gasteiger partial charge in [0.2, 0.25) is 0 Å². The van der Waals surface area contributed by atoms with Gasteiger partial charge in [0.1, 0.15) is 6.17 Å². The van der Waals surface area contributed by atoms with Crippen LogP contribution in [-0.2, 0) is 0 Å². The first-order chi connectivity index (χ1) is 15.3. The quantitative estimate of drug-likeness (QED) is 0.148. The average molecular weight is 435 g/mol. The van der Waals surface area contributed by atoms with Crippen LogP contribution in [0.15, 0.2) is 12.4 Å². The van der Waals surface area contributed by atoms with Gasteiger partial charge >= 0.3 is 0 Å². The van der Waals surface area contributed by atoms with E-state index in [4.69, 9.17) is 0 Å². The van der Waals surface area contributed by atoms with Crippen molar-refractivity contribution in [3.8, 4) is 0 Å². The first-order valence-corrected chi connectivity index (χ1v) is 14.5. The van der Waals surface area contributed by atoms with E-state index in [0.717, 1.165) is 0 Å². The summed E-state index contributed by atoms with van der Waals surface area (Å²) in [5, 5.41) is 0. The van der Waals surface area contributed by atoms with Crippen LogP contribution in [0.5, 0.6) is 0 Å². The second-order valence-corrected chi connectivity index (χ2v) is 10.1. The molecule has 0 fully saturated rings. The summed E-state index contributed by atoms with van der Waals surface area (Å²) in [6.45, 7) is 9.44. The molecule has 0 N–H and O–H groups in total. The monoisotopic (exact) mass is 434 g/mol. The fraction of sp³-hybridized carbons (Fsp3) is 0.931. The summed E-state index contributed by atoms with van der Waals surface area (Å²) in [7, 11) is 0. The van der Waals surface area contributed by atoms with Crippen molar-refractivity contribution in [1.82, 2.24) is 9.80 Å². The summed E-state index contributed by atoms with van der Waals surface area (Å²) >= 11 is 0. The zero-order chi connectivity index (χ0) is 22.4. The summed E-state index contributed by atoms with van der Waals surface area (Å²) in [5.74, 6) is 0. The fourth-order valence-corrected chi connectivity index (χ4v) is 4.95. The lowest BCUT2D eigenvalue weighted by atomic mass is 10.1. The van der Waals surface area contributed by atoms with E-state index >= 15 is 0 Å². The number of nitrogens with zero attached hydrogens (tertiary/aromatic N) is 2. The van der Waals surface area contributed by atoms with Crippen LogP contribution in [0.3, 0.4) is 0 Å². The van der Waals surface area contributed by atoms with Crippen LogP contribution in [0.2, 0.25) is 0 Å². The summed E-state index contributed by atoms with van der Waals surface area (Å²) in [6.07, 6.45) is 35.1. The topological polar surface area (TPSA) is 6.48 Å². The van der Waals surface area contributed by atoms with Crippen molar-refractivity contribution >= 4 is 0 Å².